The molecule has 1 aromatic heterocycles. The maximum Gasteiger partial charge on any atom is 0.273 e. The molecule has 0 atom stereocenters. The fourth-order valence-corrected chi connectivity index (χ4v) is 1.32. The summed E-state index contributed by atoms with van der Waals surface area (Å²) >= 11 is 0. The van der Waals surface area contributed by atoms with Gasteiger partial charge in [-0.05, 0) is 12.1 Å². The molecule has 98 valence electrons. The van der Waals surface area contributed by atoms with Crippen molar-refractivity contribution in [2.24, 2.45) is 11.5 Å². The zero-order valence-corrected chi connectivity index (χ0v) is 9.87. The first kappa shape index (κ1) is 14.1. The third kappa shape index (κ3) is 4.08. The van der Waals surface area contributed by atoms with Gasteiger partial charge in [0.05, 0.1) is 5.56 Å². The van der Waals surface area contributed by atoms with Gasteiger partial charge < -0.3 is 16.4 Å². The number of nitriles is 1. The molecule has 0 aliphatic rings. The Kier molecular flexibility index (Phi) is 4.54. The van der Waals surface area contributed by atoms with E-state index in [1.54, 1.807) is 0 Å². The van der Waals surface area contributed by atoms with E-state index in [-0.39, 0.29) is 11.3 Å². The summed E-state index contributed by atoms with van der Waals surface area (Å²) in [4.78, 5) is 38.3. The Hall–Kier alpha value is -2.95. The molecule has 0 aromatic carbocycles. The van der Waals surface area contributed by atoms with Crippen LogP contribution in [0.3, 0.4) is 0 Å². The van der Waals surface area contributed by atoms with Gasteiger partial charge in [0.15, 0.2) is 0 Å². The van der Waals surface area contributed by atoms with Gasteiger partial charge in [0.25, 0.3) is 5.91 Å². The summed E-state index contributed by atoms with van der Waals surface area (Å²) in [6.45, 7) is -0.882. The van der Waals surface area contributed by atoms with Crippen LogP contribution < -0.4 is 11.5 Å². The van der Waals surface area contributed by atoms with E-state index in [4.69, 9.17) is 16.7 Å². The number of aromatic nitrogens is 1. The lowest BCUT2D eigenvalue weighted by Crippen LogP contribution is -2.43. The zero-order chi connectivity index (χ0) is 14.4. The Morgan fingerprint density at radius 1 is 1.21 bits per heavy atom. The molecule has 0 radical (unpaired) electrons. The van der Waals surface area contributed by atoms with Gasteiger partial charge >= 0.3 is 0 Å². The van der Waals surface area contributed by atoms with E-state index in [0.29, 0.717) is 0 Å². The second-order valence-corrected chi connectivity index (χ2v) is 3.64. The molecule has 0 unspecified atom stereocenters. The number of primary amides is 2. The van der Waals surface area contributed by atoms with Gasteiger partial charge in [-0.3, -0.25) is 14.4 Å². The Labute approximate surface area is 108 Å². The molecule has 3 amide bonds. The number of hydrogen-bond acceptors (Lipinski definition) is 5. The summed E-state index contributed by atoms with van der Waals surface area (Å²) in [5, 5.41) is 8.61. The predicted octanol–water partition coefficient (Wildman–Crippen LogP) is -1.63. The summed E-state index contributed by atoms with van der Waals surface area (Å²) in [6, 6.07) is 4.56. The van der Waals surface area contributed by atoms with Crippen LogP contribution in [0.25, 0.3) is 0 Å². The molecule has 1 heterocycles. The van der Waals surface area contributed by atoms with Crippen molar-refractivity contribution in [1.29, 1.82) is 5.26 Å². The van der Waals surface area contributed by atoms with Crippen LogP contribution >= 0.6 is 0 Å². The molecule has 0 fully saturated rings. The number of hydrogen-bond donors (Lipinski definition) is 2. The molecule has 19 heavy (non-hydrogen) atoms. The van der Waals surface area contributed by atoms with Crippen molar-refractivity contribution >= 4 is 17.7 Å². The van der Waals surface area contributed by atoms with Crippen molar-refractivity contribution in [1.82, 2.24) is 9.88 Å². The highest BCUT2D eigenvalue weighted by Gasteiger charge is 2.20. The van der Waals surface area contributed by atoms with Crippen LogP contribution in [0, 0.1) is 11.3 Å². The van der Waals surface area contributed by atoms with E-state index >= 15 is 0 Å². The maximum atomic E-state index is 12.0. The average Bonchev–Trinajstić information content (AvgIpc) is 2.36. The van der Waals surface area contributed by atoms with E-state index < -0.39 is 30.8 Å². The minimum Gasteiger partial charge on any atom is -0.368 e. The van der Waals surface area contributed by atoms with Gasteiger partial charge in [-0.15, -0.1) is 0 Å². The number of nitrogens with two attached hydrogens (primary N) is 2. The lowest BCUT2D eigenvalue weighted by molar-refractivity contribution is -0.121. The van der Waals surface area contributed by atoms with Crippen molar-refractivity contribution < 1.29 is 14.4 Å². The molecular weight excluding hydrogens is 250 g/mol. The Bertz CT molecular complexity index is 530. The first-order valence-electron chi connectivity index (χ1n) is 5.16. The highest BCUT2D eigenvalue weighted by atomic mass is 16.2. The topological polar surface area (TPSA) is 143 Å². The van der Waals surface area contributed by atoms with Gasteiger partial charge in [-0.2, -0.15) is 5.26 Å². The molecule has 1 aromatic rings. The number of rotatable bonds is 5. The minimum absolute atomic E-state index is 0.0125. The lowest BCUT2D eigenvalue weighted by Gasteiger charge is -2.18. The van der Waals surface area contributed by atoms with Crippen molar-refractivity contribution in [3.05, 3.63) is 29.6 Å². The summed E-state index contributed by atoms with van der Waals surface area (Å²) < 4.78 is 0. The lowest BCUT2D eigenvalue weighted by atomic mass is 10.2. The second kappa shape index (κ2) is 6.11. The van der Waals surface area contributed by atoms with Gasteiger partial charge in [0, 0.05) is 6.20 Å². The van der Waals surface area contributed by atoms with Crippen LogP contribution in [0.2, 0.25) is 0 Å². The Morgan fingerprint density at radius 2 is 1.79 bits per heavy atom. The van der Waals surface area contributed by atoms with Crippen molar-refractivity contribution in [2.75, 3.05) is 13.1 Å². The Balaban J connectivity index is 2.94. The van der Waals surface area contributed by atoms with E-state index in [9.17, 15) is 14.4 Å². The van der Waals surface area contributed by atoms with Crippen LogP contribution in [-0.2, 0) is 9.59 Å². The Morgan fingerprint density at radius 3 is 2.16 bits per heavy atom. The van der Waals surface area contributed by atoms with Crippen molar-refractivity contribution in [3.63, 3.8) is 0 Å². The van der Waals surface area contributed by atoms with Crippen LogP contribution in [0.15, 0.2) is 18.3 Å². The van der Waals surface area contributed by atoms with Gasteiger partial charge in [-0.1, -0.05) is 0 Å². The first-order chi connectivity index (χ1) is 8.93. The van der Waals surface area contributed by atoms with E-state index in [2.05, 4.69) is 4.98 Å². The van der Waals surface area contributed by atoms with E-state index in [1.165, 1.54) is 18.3 Å². The van der Waals surface area contributed by atoms with Crippen LogP contribution in [0.5, 0.6) is 0 Å². The standard InChI is InChI=1S/C11H11N5O3/c12-3-7-1-2-8(15-4-7)11(19)16(5-9(13)17)6-10(14)18/h1-2,4H,5-6H2,(H2,13,17)(H2,14,18). The number of pyridine rings is 1. The summed E-state index contributed by atoms with van der Waals surface area (Å²) in [5.74, 6) is -2.21. The highest BCUT2D eigenvalue weighted by Crippen LogP contribution is 2.03. The summed E-state index contributed by atoms with van der Waals surface area (Å²) in [7, 11) is 0. The first-order valence-corrected chi connectivity index (χ1v) is 5.16. The average molecular weight is 261 g/mol. The molecule has 4 N–H and O–H groups in total. The normalized spacial score (nSPS) is 9.42. The highest BCUT2D eigenvalue weighted by molar-refractivity contribution is 5.97. The summed E-state index contributed by atoms with van der Waals surface area (Å²) in [6.07, 6.45) is 1.21. The van der Waals surface area contributed by atoms with Crippen LogP contribution in [0.1, 0.15) is 16.1 Å². The molecule has 8 heteroatoms. The molecule has 0 saturated carbocycles. The quantitative estimate of drug-likeness (QED) is 0.653. The monoisotopic (exact) mass is 261 g/mol. The predicted molar refractivity (Wildman–Crippen MR) is 63.2 cm³/mol. The largest absolute Gasteiger partial charge is 0.368 e. The van der Waals surface area contributed by atoms with Crippen molar-refractivity contribution in [3.8, 4) is 6.07 Å². The fraction of sp³-hybridized carbons (Fsp3) is 0.182. The van der Waals surface area contributed by atoms with Crippen LogP contribution in [-0.4, -0.2) is 40.7 Å². The molecule has 1 rings (SSSR count). The zero-order valence-electron chi connectivity index (χ0n) is 9.87. The number of amides is 3. The number of carbonyl (C=O) groups excluding carboxylic acids is 3. The molecule has 0 spiro atoms. The minimum atomic E-state index is -0.775. The van der Waals surface area contributed by atoms with Gasteiger partial charge in [0.1, 0.15) is 24.9 Å². The molecule has 0 saturated heterocycles. The van der Waals surface area contributed by atoms with Crippen molar-refractivity contribution in [2.45, 2.75) is 0 Å². The second-order valence-electron chi connectivity index (χ2n) is 3.64. The molecule has 0 aliphatic heterocycles. The molecule has 8 nitrogen and oxygen atoms in total. The molecular formula is C11H11N5O3. The third-order valence-corrected chi connectivity index (χ3v) is 2.09. The van der Waals surface area contributed by atoms with Gasteiger partial charge in [-0.25, -0.2) is 4.98 Å². The van der Waals surface area contributed by atoms with E-state index in [0.717, 1.165) is 4.90 Å². The SMILES string of the molecule is N#Cc1ccc(C(=O)N(CC(N)=O)CC(N)=O)nc1. The maximum absolute atomic E-state index is 12.0. The van der Waals surface area contributed by atoms with Gasteiger partial charge in [0.2, 0.25) is 11.8 Å². The third-order valence-electron chi connectivity index (χ3n) is 2.09. The molecule has 0 aliphatic carbocycles. The van der Waals surface area contributed by atoms with E-state index in [1.807, 2.05) is 6.07 Å². The number of carbonyl (C=O) groups is 3. The fourth-order valence-electron chi connectivity index (χ4n) is 1.32. The van der Waals surface area contributed by atoms with Crippen LogP contribution in [0.4, 0.5) is 0 Å². The molecule has 0 bridgehead atoms. The number of nitrogens with zero attached hydrogens (tertiary/aromatic N) is 3. The smallest absolute Gasteiger partial charge is 0.273 e. The summed E-state index contributed by atoms with van der Waals surface area (Å²) in [5.41, 5.74) is 10.2.